The number of aryl methyl sites for hydroxylation is 1. The lowest BCUT2D eigenvalue weighted by Crippen LogP contribution is -2.28. The first-order valence-corrected chi connectivity index (χ1v) is 7.34. The molecule has 1 aromatic carbocycles. The van der Waals surface area contributed by atoms with Crippen molar-refractivity contribution >= 4 is 16.8 Å². The molecular formula is C16H21N3O2. The largest absolute Gasteiger partial charge is 0.383 e. The molecule has 5 nitrogen and oxygen atoms in total. The van der Waals surface area contributed by atoms with E-state index in [0.29, 0.717) is 25.5 Å². The Morgan fingerprint density at radius 2 is 2.29 bits per heavy atom. The Labute approximate surface area is 124 Å². The molecule has 3 rings (SSSR count). The van der Waals surface area contributed by atoms with E-state index < -0.39 is 0 Å². The molecule has 1 aromatic heterocycles. The number of ether oxygens (including phenoxy) is 1. The minimum Gasteiger partial charge on any atom is -0.383 e. The van der Waals surface area contributed by atoms with Crippen molar-refractivity contribution in [3.05, 3.63) is 30.0 Å². The molecule has 2 heterocycles. The van der Waals surface area contributed by atoms with Gasteiger partial charge in [0, 0.05) is 39.1 Å². The van der Waals surface area contributed by atoms with Crippen LogP contribution >= 0.6 is 0 Å². The summed E-state index contributed by atoms with van der Waals surface area (Å²) in [6.07, 6.45) is 3.48. The second-order valence-electron chi connectivity index (χ2n) is 5.77. The molecule has 1 atom stereocenters. The van der Waals surface area contributed by atoms with Crippen molar-refractivity contribution in [2.24, 2.45) is 13.0 Å². The van der Waals surface area contributed by atoms with Crippen LogP contribution in [0.4, 0.5) is 0 Å². The summed E-state index contributed by atoms with van der Waals surface area (Å²) in [6.45, 7) is 2.15. The van der Waals surface area contributed by atoms with Crippen molar-refractivity contribution in [2.45, 2.75) is 12.8 Å². The fourth-order valence-corrected chi connectivity index (χ4v) is 3.08. The number of carbonyl (C=O) groups excluding carboxylic acids is 1. The van der Waals surface area contributed by atoms with E-state index in [1.165, 1.54) is 5.56 Å². The summed E-state index contributed by atoms with van der Waals surface area (Å²) in [5, 5.41) is 5.43. The SMILES string of the molecule is COCCN1C[C@H](Cc2ccc3c(cnn3C)c2)CC1=O. The Balaban J connectivity index is 1.67. The molecule has 1 aliphatic heterocycles. The molecule has 112 valence electrons. The number of rotatable bonds is 5. The van der Waals surface area contributed by atoms with E-state index in [4.69, 9.17) is 4.74 Å². The number of aromatic nitrogens is 2. The summed E-state index contributed by atoms with van der Waals surface area (Å²) >= 11 is 0. The first-order valence-electron chi connectivity index (χ1n) is 7.34. The quantitative estimate of drug-likeness (QED) is 0.839. The monoisotopic (exact) mass is 287 g/mol. The molecule has 0 aliphatic carbocycles. The molecular weight excluding hydrogens is 266 g/mol. The van der Waals surface area contributed by atoms with Crippen LogP contribution in [0.25, 0.3) is 10.9 Å². The number of benzene rings is 1. The van der Waals surface area contributed by atoms with E-state index in [-0.39, 0.29) is 5.91 Å². The van der Waals surface area contributed by atoms with Gasteiger partial charge >= 0.3 is 0 Å². The van der Waals surface area contributed by atoms with Gasteiger partial charge < -0.3 is 9.64 Å². The Kier molecular flexibility index (Phi) is 3.92. The third-order valence-corrected chi connectivity index (χ3v) is 4.19. The van der Waals surface area contributed by atoms with Crippen molar-refractivity contribution < 1.29 is 9.53 Å². The first-order chi connectivity index (χ1) is 10.2. The lowest BCUT2D eigenvalue weighted by molar-refractivity contribution is -0.128. The molecule has 0 spiro atoms. The van der Waals surface area contributed by atoms with Gasteiger partial charge in [-0.2, -0.15) is 5.10 Å². The number of amides is 1. The van der Waals surface area contributed by atoms with Crippen molar-refractivity contribution in [1.82, 2.24) is 14.7 Å². The normalized spacial score (nSPS) is 18.9. The van der Waals surface area contributed by atoms with Crippen molar-refractivity contribution in [3.8, 4) is 0 Å². The fourth-order valence-electron chi connectivity index (χ4n) is 3.08. The maximum atomic E-state index is 12.0. The topological polar surface area (TPSA) is 47.4 Å². The molecule has 0 radical (unpaired) electrons. The van der Waals surface area contributed by atoms with Gasteiger partial charge in [0.15, 0.2) is 0 Å². The maximum Gasteiger partial charge on any atom is 0.223 e. The Hall–Kier alpha value is -1.88. The standard InChI is InChI=1S/C16H21N3O2/c1-18-15-4-3-12(8-14(15)10-17-18)7-13-9-16(20)19(11-13)5-6-21-2/h3-4,8,10,13H,5-7,9,11H2,1-2H3/t13-/m1/s1. The molecule has 1 aliphatic rings. The molecule has 1 amide bonds. The number of carbonyl (C=O) groups is 1. The van der Waals surface area contributed by atoms with Gasteiger partial charge in [-0.3, -0.25) is 9.48 Å². The van der Waals surface area contributed by atoms with Gasteiger partial charge in [-0.1, -0.05) is 6.07 Å². The fraction of sp³-hybridized carbons (Fsp3) is 0.500. The molecule has 0 unspecified atom stereocenters. The summed E-state index contributed by atoms with van der Waals surface area (Å²) in [4.78, 5) is 13.9. The number of nitrogens with zero attached hydrogens (tertiary/aromatic N) is 3. The number of fused-ring (bicyclic) bond motifs is 1. The van der Waals surface area contributed by atoms with E-state index in [0.717, 1.165) is 23.9 Å². The van der Waals surface area contributed by atoms with Crippen LogP contribution in [0.3, 0.4) is 0 Å². The number of hydrogen-bond donors (Lipinski definition) is 0. The summed E-state index contributed by atoms with van der Waals surface area (Å²) < 4.78 is 6.93. The van der Waals surface area contributed by atoms with E-state index in [1.54, 1.807) is 7.11 Å². The van der Waals surface area contributed by atoms with Gasteiger partial charge in [0.1, 0.15) is 0 Å². The Morgan fingerprint density at radius 3 is 3.10 bits per heavy atom. The minimum atomic E-state index is 0.250. The van der Waals surface area contributed by atoms with E-state index >= 15 is 0 Å². The molecule has 1 fully saturated rings. The number of likely N-dealkylation sites (tertiary alicyclic amines) is 1. The third kappa shape index (κ3) is 2.93. The van der Waals surface area contributed by atoms with Crippen molar-refractivity contribution in [2.75, 3.05) is 26.8 Å². The molecule has 0 N–H and O–H groups in total. The van der Waals surface area contributed by atoms with Gasteiger partial charge in [-0.25, -0.2) is 0 Å². The zero-order chi connectivity index (χ0) is 14.8. The van der Waals surface area contributed by atoms with Crippen LogP contribution in [0, 0.1) is 5.92 Å². The third-order valence-electron chi connectivity index (χ3n) is 4.19. The van der Waals surface area contributed by atoms with E-state index in [9.17, 15) is 4.79 Å². The highest BCUT2D eigenvalue weighted by molar-refractivity contribution is 5.80. The highest BCUT2D eigenvalue weighted by atomic mass is 16.5. The van der Waals surface area contributed by atoms with Gasteiger partial charge in [0.25, 0.3) is 0 Å². The summed E-state index contributed by atoms with van der Waals surface area (Å²) in [7, 11) is 3.62. The van der Waals surface area contributed by atoms with Gasteiger partial charge in [-0.05, 0) is 30.0 Å². The molecule has 0 bridgehead atoms. The summed E-state index contributed by atoms with van der Waals surface area (Å²) in [5.41, 5.74) is 2.42. The van der Waals surface area contributed by atoms with E-state index in [1.807, 2.05) is 22.8 Å². The average Bonchev–Trinajstić information content (AvgIpc) is 3.00. The molecule has 2 aromatic rings. The van der Waals surface area contributed by atoms with Gasteiger partial charge in [0.05, 0.1) is 18.3 Å². The Morgan fingerprint density at radius 1 is 1.43 bits per heavy atom. The second kappa shape index (κ2) is 5.85. The number of methoxy groups -OCH3 is 1. The second-order valence-corrected chi connectivity index (χ2v) is 5.77. The van der Waals surface area contributed by atoms with Crippen LogP contribution in [0.5, 0.6) is 0 Å². The average molecular weight is 287 g/mol. The van der Waals surface area contributed by atoms with Crippen LogP contribution in [-0.4, -0.2) is 47.4 Å². The Bertz CT molecular complexity index is 650. The molecule has 21 heavy (non-hydrogen) atoms. The summed E-state index contributed by atoms with van der Waals surface area (Å²) in [6, 6.07) is 6.44. The van der Waals surface area contributed by atoms with E-state index in [2.05, 4.69) is 23.3 Å². The highest BCUT2D eigenvalue weighted by Crippen LogP contribution is 2.23. The van der Waals surface area contributed by atoms with Crippen LogP contribution < -0.4 is 0 Å². The predicted octanol–water partition coefficient (Wildman–Crippen LogP) is 1.61. The van der Waals surface area contributed by atoms with Crippen molar-refractivity contribution in [1.29, 1.82) is 0 Å². The van der Waals surface area contributed by atoms with Crippen molar-refractivity contribution in [3.63, 3.8) is 0 Å². The van der Waals surface area contributed by atoms with Crippen LogP contribution in [-0.2, 0) is 23.0 Å². The molecule has 0 saturated carbocycles. The summed E-state index contributed by atoms with van der Waals surface area (Å²) in [5.74, 6) is 0.656. The highest BCUT2D eigenvalue weighted by Gasteiger charge is 2.29. The predicted molar refractivity (Wildman–Crippen MR) is 81.0 cm³/mol. The lowest BCUT2D eigenvalue weighted by atomic mass is 9.98. The number of hydrogen-bond acceptors (Lipinski definition) is 3. The van der Waals surface area contributed by atoms with Crippen LogP contribution in [0.2, 0.25) is 0 Å². The molecule has 1 saturated heterocycles. The first kappa shape index (κ1) is 14.1. The van der Waals surface area contributed by atoms with Gasteiger partial charge in [0.2, 0.25) is 5.91 Å². The maximum absolute atomic E-state index is 12.0. The smallest absolute Gasteiger partial charge is 0.223 e. The zero-order valence-electron chi connectivity index (χ0n) is 12.6. The zero-order valence-corrected chi connectivity index (χ0v) is 12.6. The van der Waals surface area contributed by atoms with Crippen LogP contribution in [0.1, 0.15) is 12.0 Å². The van der Waals surface area contributed by atoms with Gasteiger partial charge in [-0.15, -0.1) is 0 Å². The van der Waals surface area contributed by atoms with Crippen LogP contribution in [0.15, 0.2) is 24.4 Å². The lowest BCUT2D eigenvalue weighted by Gasteiger charge is -2.16. The minimum absolute atomic E-state index is 0.250. The molecule has 5 heteroatoms.